The first-order chi connectivity index (χ1) is 13.0. The highest BCUT2D eigenvalue weighted by Crippen LogP contribution is 2.23. The molecule has 0 aromatic heterocycles. The third-order valence-corrected chi connectivity index (χ3v) is 4.40. The molecule has 0 heterocycles. The number of fused-ring (bicyclic) bond motifs is 1. The second-order valence-corrected chi connectivity index (χ2v) is 6.23. The zero-order valence-corrected chi connectivity index (χ0v) is 15.5. The van der Waals surface area contributed by atoms with E-state index in [1.807, 2.05) is 42.5 Å². The SMILES string of the molecule is COC(=O)c1cccc(NC(=O)[C@H](C)Oc2ccc3ccccc3c2)c1C. The molecule has 1 amide bonds. The molecule has 0 aliphatic heterocycles. The fourth-order valence-corrected chi connectivity index (χ4v) is 2.83. The summed E-state index contributed by atoms with van der Waals surface area (Å²) in [5, 5.41) is 4.97. The molecule has 0 radical (unpaired) electrons. The van der Waals surface area contributed by atoms with E-state index in [0.29, 0.717) is 22.6 Å². The summed E-state index contributed by atoms with van der Waals surface area (Å²) in [6.45, 7) is 3.45. The van der Waals surface area contributed by atoms with E-state index in [1.165, 1.54) is 7.11 Å². The minimum absolute atomic E-state index is 0.298. The van der Waals surface area contributed by atoms with E-state index in [0.717, 1.165) is 10.8 Å². The zero-order valence-electron chi connectivity index (χ0n) is 15.5. The van der Waals surface area contributed by atoms with Crippen molar-refractivity contribution in [2.24, 2.45) is 0 Å². The molecule has 0 spiro atoms. The number of nitrogens with one attached hydrogen (secondary N) is 1. The van der Waals surface area contributed by atoms with Crippen molar-refractivity contribution in [3.63, 3.8) is 0 Å². The van der Waals surface area contributed by atoms with Crippen LogP contribution in [0.15, 0.2) is 60.7 Å². The number of carbonyl (C=O) groups is 2. The third-order valence-electron chi connectivity index (χ3n) is 4.40. The number of methoxy groups -OCH3 is 1. The van der Waals surface area contributed by atoms with Crippen LogP contribution >= 0.6 is 0 Å². The van der Waals surface area contributed by atoms with Crippen molar-refractivity contribution in [1.29, 1.82) is 0 Å². The lowest BCUT2D eigenvalue weighted by Crippen LogP contribution is -2.30. The van der Waals surface area contributed by atoms with Crippen LogP contribution in [0.2, 0.25) is 0 Å². The highest BCUT2D eigenvalue weighted by Gasteiger charge is 2.18. The Morgan fingerprint density at radius 2 is 1.70 bits per heavy atom. The van der Waals surface area contributed by atoms with Gasteiger partial charge in [-0.3, -0.25) is 4.79 Å². The summed E-state index contributed by atoms with van der Waals surface area (Å²) >= 11 is 0. The van der Waals surface area contributed by atoms with E-state index < -0.39 is 12.1 Å². The summed E-state index contributed by atoms with van der Waals surface area (Å²) in [4.78, 5) is 24.3. The monoisotopic (exact) mass is 363 g/mol. The van der Waals surface area contributed by atoms with Crippen LogP contribution in [0.5, 0.6) is 5.75 Å². The maximum Gasteiger partial charge on any atom is 0.338 e. The maximum atomic E-state index is 12.5. The van der Waals surface area contributed by atoms with Crippen LogP contribution in [0, 0.1) is 6.92 Å². The van der Waals surface area contributed by atoms with Gasteiger partial charge in [0, 0.05) is 5.69 Å². The summed E-state index contributed by atoms with van der Waals surface area (Å²) in [6.07, 6.45) is -0.702. The molecule has 0 fully saturated rings. The standard InChI is InChI=1S/C22H21NO4/c1-14-19(22(25)26-3)9-6-10-20(14)23-21(24)15(2)27-18-12-11-16-7-4-5-8-17(16)13-18/h4-13,15H,1-3H3,(H,23,24)/t15-/m0/s1. The topological polar surface area (TPSA) is 64.6 Å². The summed E-state index contributed by atoms with van der Waals surface area (Å²) in [5.41, 5.74) is 1.62. The number of amides is 1. The molecule has 1 N–H and O–H groups in total. The van der Waals surface area contributed by atoms with E-state index in [-0.39, 0.29) is 5.91 Å². The second kappa shape index (κ2) is 7.91. The number of anilines is 1. The van der Waals surface area contributed by atoms with Crippen molar-refractivity contribution in [3.8, 4) is 5.75 Å². The van der Waals surface area contributed by atoms with E-state index in [1.54, 1.807) is 32.0 Å². The number of hydrogen-bond acceptors (Lipinski definition) is 4. The predicted octanol–water partition coefficient (Wildman–Crippen LogP) is 4.34. The van der Waals surface area contributed by atoms with E-state index in [4.69, 9.17) is 9.47 Å². The van der Waals surface area contributed by atoms with Crippen LogP contribution in [-0.2, 0) is 9.53 Å². The molecule has 5 nitrogen and oxygen atoms in total. The summed E-state index contributed by atoms with van der Waals surface area (Å²) in [6, 6.07) is 18.7. The van der Waals surface area contributed by atoms with E-state index >= 15 is 0 Å². The van der Waals surface area contributed by atoms with E-state index in [2.05, 4.69) is 5.32 Å². The Labute approximate surface area is 157 Å². The summed E-state index contributed by atoms with van der Waals surface area (Å²) in [5.74, 6) is -0.117. The van der Waals surface area contributed by atoms with Gasteiger partial charge >= 0.3 is 5.97 Å². The lowest BCUT2D eigenvalue weighted by molar-refractivity contribution is -0.122. The molecule has 0 aliphatic rings. The Bertz CT molecular complexity index is 997. The molecule has 27 heavy (non-hydrogen) atoms. The molecule has 0 saturated heterocycles. The Balaban J connectivity index is 1.73. The first kappa shape index (κ1) is 18.5. The smallest absolute Gasteiger partial charge is 0.338 e. The largest absolute Gasteiger partial charge is 0.481 e. The molecular formula is C22H21NO4. The Kier molecular flexibility index (Phi) is 5.41. The van der Waals surface area contributed by atoms with Crippen molar-refractivity contribution in [3.05, 3.63) is 71.8 Å². The predicted molar refractivity (Wildman–Crippen MR) is 105 cm³/mol. The minimum Gasteiger partial charge on any atom is -0.481 e. The van der Waals surface area contributed by atoms with Crippen LogP contribution in [0.4, 0.5) is 5.69 Å². The first-order valence-corrected chi connectivity index (χ1v) is 8.64. The normalized spacial score (nSPS) is 11.7. The quantitative estimate of drug-likeness (QED) is 0.685. The van der Waals surface area contributed by atoms with Crippen LogP contribution in [0.3, 0.4) is 0 Å². The summed E-state index contributed by atoms with van der Waals surface area (Å²) in [7, 11) is 1.33. The van der Waals surface area contributed by atoms with Crippen LogP contribution < -0.4 is 10.1 Å². The zero-order chi connectivity index (χ0) is 19.4. The van der Waals surface area contributed by atoms with Gasteiger partial charge in [-0.15, -0.1) is 0 Å². The molecule has 0 bridgehead atoms. The third kappa shape index (κ3) is 4.08. The molecular weight excluding hydrogens is 342 g/mol. The van der Waals surface area contributed by atoms with Crippen molar-refractivity contribution < 1.29 is 19.1 Å². The van der Waals surface area contributed by atoms with Gasteiger partial charge in [0.15, 0.2) is 6.10 Å². The maximum absolute atomic E-state index is 12.5. The van der Waals surface area contributed by atoms with Crippen LogP contribution in [0.1, 0.15) is 22.8 Å². The van der Waals surface area contributed by atoms with Gasteiger partial charge in [-0.2, -0.15) is 0 Å². The highest BCUT2D eigenvalue weighted by atomic mass is 16.5. The van der Waals surface area contributed by atoms with Crippen molar-refractivity contribution in [2.75, 3.05) is 12.4 Å². The summed E-state index contributed by atoms with van der Waals surface area (Å²) < 4.78 is 10.6. The number of benzene rings is 3. The highest BCUT2D eigenvalue weighted by molar-refractivity contribution is 5.98. The molecule has 0 saturated carbocycles. The number of hydrogen-bond donors (Lipinski definition) is 1. The Morgan fingerprint density at radius 1 is 0.963 bits per heavy atom. The minimum atomic E-state index is -0.702. The second-order valence-electron chi connectivity index (χ2n) is 6.23. The molecule has 5 heteroatoms. The van der Waals surface area contributed by atoms with Crippen molar-refractivity contribution in [2.45, 2.75) is 20.0 Å². The van der Waals surface area contributed by atoms with Crippen molar-refractivity contribution >= 4 is 28.3 Å². The Hall–Kier alpha value is -3.34. The molecule has 0 unspecified atom stereocenters. The van der Waals surface area contributed by atoms with E-state index in [9.17, 15) is 9.59 Å². The number of ether oxygens (including phenoxy) is 2. The van der Waals surface area contributed by atoms with Gasteiger partial charge in [0.2, 0.25) is 0 Å². The lowest BCUT2D eigenvalue weighted by Gasteiger charge is -2.17. The van der Waals surface area contributed by atoms with Crippen LogP contribution in [0.25, 0.3) is 10.8 Å². The average Bonchev–Trinajstić information content (AvgIpc) is 2.68. The van der Waals surface area contributed by atoms with Gasteiger partial charge in [-0.1, -0.05) is 36.4 Å². The molecule has 1 atom stereocenters. The molecule has 3 rings (SSSR count). The molecule has 3 aromatic rings. The lowest BCUT2D eigenvalue weighted by atomic mass is 10.1. The van der Waals surface area contributed by atoms with Gasteiger partial charge < -0.3 is 14.8 Å². The van der Waals surface area contributed by atoms with Gasteiger partial charge in [-0.05, 0) is 54.4 Å². The first-order valence-electron chi connectivity index (χ1n) is 8.64. The van der Waals surface area contributed by atoms with Crippen LogP contribution in [-0.4, -0.2) is 25.1 Å². The van der Waals surface area contributed by atoms with Gasteiger partial charge in [0.25, 0.3) is 5.91 Å². The average molecular weight is 363 g/mol. The number of rotatable bonds is 5. The molecule has 3 aromatic carbocycles. The Morgan fingerprint density at radius 3 is 2.44 bits per heavy atom. The molecule has 138 valence electrons. The van der Waals surface area contributed by atoms with Crippen molar-refractivity contribution in [1.82, 2.24) is 0 Å². The van der Waals surface area contributed by atoms with Gasteiger partial charge in [0.1, 0.15) is 5.75 Å². The molecule has 0 aliphatic carbocycles. The fraction of sp³-hybridized carbons (Fsp3) is 0.182. The van der Waals surface area contributed by atoms with Gasteiger partial charge in [-0.25, -0.2) is 4.79 Å². The number of carbonyl (C=O) groups excluding carboxylic acids is 2. The fourth-order valence-electron chi connectivity index (χ4n) is 2.83. The van der Waals surface area contributed by atoms with Gasteiger partial charge in [0.05, 0.1) is 12.7 Å². The number of esters is 1.